The number of ether oxygens (including phenoxy) is 2. The van der Waals surface area contributed by atoms with Crippen LogP contribution in [0.15, 0.2) is 41.5 Å². The van der Waals surface area contributed by atoms with E-state index in [2.05, 4.69) is 9.97 Å². The second-order valence-corrected chi connectivity index (χ2v) is 5.55. The van der Waals surface area contributed by atoms with E-state index in [4.69, 9.17) is 9.47 Å². The van der Waals surface area contributed by atoms with Crippen molar-refractivity contribution in [3.05, 3.63) is 64.5 Å². The number of aliphatic hydroxyl groups excluding tert-OH is 1. The zero-order chi connectivity index (χ0) is 19.6. The van der Waals surface area contributed by atoms with Gasteiger partial charge in [-0.25, -0.2) is 18.7 Å². The Morgan fingerprint density at radius 1 is 1.19 bits per heavy atom. The summed E-state index contributed by atoms with van der Waals surface area (Å²) in [6, 6.07) is 4.32. The quantitative estimate of drug-likeness (QED) is 0.737. The molecule has 1 N–H and O–H groups in total. The molecule has 3 aromatic rings. The van der Waals surface area contributed by atoms with E-state index >= 15 is 0 Å². The highest BCUT2D eigenvalue weighted by Crippen LogP contribution is 2.33. The summed E-state index contributed by atoms with van der Waals surface area (Å²) in [7, 11) is 2.88. The van der Waals surface area contributed by atoms with E-state index in [-0.39, 0.29) is 34.3 Å². The second-order valence-electron chi connectivity index (χ2n) is 5.55. The molecule has 140 valence electrons. The lowest BCUT2D eigenvalue weighted by Gasteiger charge is -2.13. The Balaban J connectivity index is 2.14. The van der Waals surface area contributed by atoms with Gasteiger partial charge in [0.05, 0.1) is 13.3 Å². The molecule has 0 aliphatic carbocycles. The lowest BCUT2D eigenvalue weighted by atomic mass is 10.1. The topological polar surface area (TPSA) is 86.5 Å². The Labute approximate surface area is 152 Å². The number of hydrogen-bond acceptors (Lipinski definition) is 6. The van der Waals surface area contributed by atoms with E-state index < -0.39 is 18.2 Å². The fourth-order valence-electron chi connectivity index (χ4n) is 2.40. The van der Waals surface area contributed by atoms with Crippen molar-refractivity contribution in [2.45, 2.75) is 6.61 Å². The number of methoxy groups -OCH3 is 1. The maximum Gasteiger partial charge on any atom is 0.292 e. The number of benzene rings is 1. The molecule has 27 heavy (non-hydrogen) atoms. The molecule has 0 spiro atoms. The smallest absolute Gasteiger partial charge is 0.292 e. The van der Waals surface area contributed by atoms with Crippen molar-refractivity contribution >= 4 is 0 Å². The van der Waals surface area contributed by atoms with Gasteiger partial charge in [0.15, 0.2) is 28.9 Å². The first-order valence-corrected chi connectivity index (χ1v) is 7.77. The van der Waals surface area contributed by atoms with E-state index in [1.54, 1.807) is 0 Å². The van der Waals surface area contributed by atoms with Crippen LogP contribution in [0.5, 0.6) is 17.2 Å². The fourth-order valence-corrected chi connectivity index (χ4v) is 2.40. The van der Waals surface area contributed by atoms with Crippen molar-refractivity contribution in [1.29, 1.82) is 0 Å². The molecular weight excluding hydrogens is 360 g/mol. The van der Waals surface area contributed by atoms with Gasteiger partial charge in [-0.3, -0.25) is 4.79 Å². The summed E-state index contributed by atoms with van der Waals surface area (Å²) < 4.78 is 38.9. The monoisotopic (exact) mass is 375 g/mol. The summed E-state index contributed by atoms with van der Waals surface area (Å²) in [6.07, 6.45) is 2.75. The number of nitrogens with zero attached hydrogens (tertiary/aromatic N) is 3. The highest BCUT2D eigenvalue weighted by atomic mass is 19.1. The molecule has 2 aromatic heterocycles. The van der Waals surface area contributed by atoms with Crippen molar-refractivity contribution in [1.82, 2.24) is 14.5 Å². The number of aromatic nitrogens is 3. The van der Waals surface area contributed by atoms with Crippen molar-refractivity contribution in [3.63, 3.8) is 0 Å². The molecule has 0 amide bonds. The largest absolute Gasteiger partial charge is 0.491 e. The fraction of sp³-hybridized carbons (Fsp3) is 0.167. The molecule has 0 aliphatic rings. The van der Waals surface area contributed by atoms with Gasteiger partial charge in [0, 0.05) is 24.9 Å². The van der Waals surface area contributed by atoms with Gasteiger partial charge >= 0.3 is 0 Å². The molecule has 3 rings (SSSR count). The van der Waals surface area contributed by atoms with Crippen LogP contribution in [0.4, 0.5) is 8.78 Å². The summed E-state index contributed by atoms with van der Waals surface area (Å²) in [5.74, 6) is -1.64. The zero-order valence-electron chi connectivity index (χ0n) is 14.4. The summed E-state index contributed by atoms with van der Waals surface area (Å²) in [6.45, 7) is -0.429. The lowest BCUT2D eigenvalue weighted by Crippen LogP contribution is -2.18. The van der Waals surface area contributed by atoms with Gasteiger partial charge in [-0.15, -0.1) is 0 Å². The molecular formula is C18H15F2N3O4. The first kappa shape index (κ1) is 18.5. The van der Waals surface area contributed by atoms with Gasteiger partial charge in [0.2, 0.25) is 0 Å². The minimum Gasteiger partial charge on any atom is -0.491 e. The maximum atomic E-state index is 13.9. The molecule has 0 aliphatic heterocycles. The number of halogens is 2. The van der Waals surface area contributed by atoms with Crippen molar-refractivity contribution in [2.75, 3.05) is 7.11 Å². The number of rotatable bonds is 5. The van der Waals surface area contributed by atoms with Crippen molar-refractivity contribution in [2.24, 2.45) is 7.05 Å². The first-order valence-electron chi connectivity index (χ1n) is 7.77. The highest BCUT2D eigenvalue weighted by molar-refractivity contribution is 5.67. The minimum atomic E-state index is -0.898. The van der Waals surface area contributed by atoms with Gasteiger partial charge in [-0.2, -0.15) is 0 Å². The molecule has 0 saturated heterocycles. The third-order valence-electron chi connectivity index (χ3n) is 3.70. The average Bonchev–Trinajstić information content (AvgIpc) is 2.66. The Morgan fingerprint density at radius 3 is 2.63 bits per heavy atom. The Kier molecular flexibility index (Phi) is 5.13. The highest BCUT2D eigenvalue weighted by Gasteiger charge is 2.16. The van der Waals surface area contributed by atoms with E-state index in [1.165, 1.54) is 37.2 Å². The van der Waals surface area contributed by atoms with Crippen molar-refractivity contribution < 1.29 is 23.4 Å². The third-order valence-corrected chi connectivity index (χ3v) is 3.70. The molecule has 0 radical (unpaired) electrons. The Hall–Kier alpha value is -3.33. The van der Waals surface area contributed by atoms with Crippen LogP contribution in [0.1, 0.15) is 5.82 Å². The Bertz CT molecular complexity index is 1050. The number of hydrogen-bond donors (Lipinski definition) is 1. The van der Waals surface area contributed by atoms with Crippen LogP contribution in [0, 0.1) is 11.6 Å². The normalized spacial score (nSPS) is 10.7. The van der Waals surface area contributed by atoms with Crippen LogP contribution in [-0.2, 0) is 13.7 Å². The summed E-state index contributed by atoms with van der Waals surface area (Å²) in [4.78, 5) is 20.1. The van der Waals surface area contributed by atoms with E-state index in [9.17, 15) is 18.7 Å². The second kappa shape index (κ2) is 7.50. The number of aryl methyl sites for hydroxylation is 1. The molecule has 0 fully saturated rings. The van der Waals surface area contributed by atoms with Crippen molar-refractivity contribution in [3.8, 4) is 28.5 Å². The predicted molar refractivity (Wildman–Crippen MR) is 91.6 cm³/mol. The molecule has 0 bridgehead atoms. The van der Waals surface area contributed by atoms with E-state index in [0.717, 1.165) is 12.1 Å². The van der Waals surface area contributed by atoms with Gasteiger partial charge in [-0.05, 0) is 18.2 Å². The average molecular weight is 375 g/mol. The lowest BCUT2D eigenvalue weighted by molar-refractivity contribution is 0.271. The van der Waals surface area contributed by atoms with Crippen LogP contribution in [0.3, 0.4) is 0 Å². The third kappa shape index (κ3) is 3.77. The molecule has 2 heterocycles. The minimum absolute atomic E-state index is 0.0541. The summed E-state index contributed by atoms with van der Waals surface area (Å²) >= 11 is 0. The number of aliphatic hydroxyl groups is 1. The summed E-state index contributed by atoms with van der Waals surface area (Å²) in [5.41, 5.74) is 0.264. The molecule has 0 unspecified atom stereocenters. The van der Waals surface area contributed by atoms with E-state index in [0.29, 0.717) is 11.6 Å². The molecule has 1 aromatic carbocycles. The molecule has 9 heteroatoms. The number of pyridine rings is 1. The predicted octanol–water partition coefficient (Wildman–Crippen LogP) is 2.41. The zero-order valence-corrected chi connectivity index (χ0v) is 14.4. The summed E-state index contributed by atoms with van der Waals surface area (Å²) in [5, 5.41) is 9.32. The SMILES string of the molecule is COc1cc(-c2nc(CO)ncc2Oc2ccc(F)cc2F)cn(C)c1=O. The van der Waals surface area contributed by atoms with Crippen LogP contribution in [-0.4, -0.2) is 26.8 Å². The van der Waals surface area contributed by atoms with Crippen LogP contribution < -0.4 is 15.0 Å². The molecule has 0 atom stereocenters. The molecule has 0 saturated carbocycles. The Morgan fingerprint density at radius 2 is 1.96 bits per heavy atom. The van der Waals surface area contributed by atoms with Gasteiger partial charge in [-0.1, -0.05) is 0 Å². The van der Waals surface area contributed by atoms with E-state index in [1.807, 2.05) is 0 Å². The van der Waals surface area contributed by atoms with Gasteiger partial charge < -0.3 is 19.1 Å². The van der Waals surface area contributed by atoms with Gasteiger partial charge in [0.25, 0.3) is 5.56 Å². The van der Waals surface area contributed by atoms with Gasteiger partial charge in [0.1, 0.15) is 18.1 Å². The maximum absolute atomic E-state index is 13.9. The van der Waals surface area contributed by atoms with Crippen LogP contribution in [0.25, 0.3) is 11.3 Å². The van der Waals surface area contributed by atoms with Crippen LogP contribution in [0.2, 0.25) is 0 Å². The molecule has 7 nitrogen and oxygen atoms in total. The standard InChI is InChI=1S/C18H15F2N3O4/c1-23-8-10(5-14(26-2)18(23)25)17-15(7-21-16(9-24)22-17)27-13-4-3-11(19)6-12(13)20/h3-8,24H,9H2,1-2H3. The van der Waals surface area contributed by atoms with Crippen LogP contribution >= 0.6 is 0 Å². The first-order chi connectivity index (χ1) is 12.9.